The molecule has 4 N–H and O–H groups in total. The van der Waals surface area contributed by atoms with Crippen LogP contribution in [0.4, 0.5) is 11.5 Å². The normalized spacial score (nSPS) is 14.3. The molecule has 144 valence electrons. The molecule has 0 radical (unpaired) electrons. The highest BCUT2D eigenvalue weighted by atomic mass is 32.2. The lowest BCUT2D eigenvalue weighted by Crippen LogP contribution is -3.10. The second kappa shape index (κ2) is 9.16. The number of carbonyl (C=O) groups excluding carboxylic acids is 2. The van der Waals surface area contributed by atoms with Crippen LogP contribution in [-0.2, 0) is 4.79 Å². The summed E-state index contributed by atoms with van der Waals surface area (Å²) >= 11 is 2.70. The number of likely N-dealkylation sites (tertiary alicyclic amines) is 1. The Bertz CT molecular complexity index is 860. The van der Waals surface area contributed by atoms with E-state index in [0.29, 0.717) is 10.0 Å². The number of aromatic nitrogens is 2. The molecule has 1 fully saturated rings. The van der Waals surface area contributed by atoms with Crippen LogP contribution in [0.1, 0.15) is 29.4 Å². The van der Waals surface area contributed by atoms with E-state index in [1.807, 2.05) is 0 Å². The topological polar surface area (TPSA) is 108 Å². The van der Waals surface area contributed by atoms with E-state index in [2.05, 4.69) is 20.6 Å². The van der Waals surface area contributed by atoms with Crippen LogP contribution in [0.25, 0.3) is 0 Å². The number of nitrogens with one attached hydrogen (secondary N) is 4. The Labute approximate surface area is 164 Å². The van der Waals surface area contributed by atoms with Crippen LogP contribution in [0.2, 0.25) is 0 Å². The number of thioether (sulfide) groups is 1. The first-order chi connectivity index (χ1) is 13.0. The average molecular weight is 409 g/mol. The molecule has 0 spiro atoms. The predicted molar refractivity (Wildman–Crippen MR) is 107 cm³/mol. The maximum absolute atomic E-state index is 12.5. The number of amides is 2. The van der Waals surface area contributed by atoms with Crippen molar-refractivity contribution < 1.29 is 14.5 Å². The van der Waals surface area contributed by atoms with Gasteiger partial charge in [-0.2, -0.15) is 0 Å². The third kappa shape index (κ3) is 5.41. The molecular weight excluding hydrogens is 386 g/mol. The molecular formula is C17H22N5O3S2+. The molecule has 0 saturated carbocycles. The number of hydrogen-bond acceptors (Lipinski definition) is 6. The summed E-state index contributed by atoms with van der Waals surface area (Å²) < 4.78 is 0. The third-order valence-electron chi connectivity index (χ3n) is 4.18. The Morgan fingerprint density at radius 1 is 1.33 bits per heavy atom. The molecule has 0 atom stereocenters. The summed E-state index contributed by atoms with van der Waals surface area (Å²) in [5.74, 6) is 0.102. The summed E-state index contributed by atoms with van der Waals surface area (Å²) in [7, 11) is 0. The molecule has 3 heterocycles. The van der Waals surface area contributed by atoms with Crippen molar-refractivity contribution in [2.75, 3.05) is 36.0 Å². The minimum atomic E-state index is -0.491. The van der Waals surface area contributed by atoms with Gasteiger partial charge in [-0.3, -0.25) is 19.4 Å². The smallest absolute Gasteiger partial charge is 0.277 e. The SMILES string of the molecule is CC(=O)Nc1nc(SCC[NH+]2CCCC2)[nH]c(=O)c1NC(=O)c1cccs1. The Hall–Kier alpha value is -2.17. The van der Waals surface area contributed by atoms with Crippen LogP contribution in [0.5, 0.6) is 0 Å². The van der Waals surface area contributed by atoms with Gasteiger partial charge in [0.1, 0.15) is 0 Å². The number of thiophene rings is 1. The zero-order chi connectivity index (χ0) is 19.2. The highest BCUT2D eigenvalue weighted by Crippen LogP contribution is 2.20. The van der Waals surface area contributed by atoms with Crippen molar-refractivity contribution in [2.45, 2.75) is 24.9 Å². The second-order valence-electron chi connectivity index (χ2n) is 6.26. The first-order valence-corrected chi connectivity index (χ1v) is 10.6. The van der Waals surface area contributed by atoms with Crippen LogP contribution in [0, 0.1) is 0 Å². The summed E-state index contributed by atoms with van der Waals surface area (Å²) in [5.41, 5.74) is -0.548. The molecule has 1 aliphatic rings. The van der Waals surface area contributed by atoms with Crippen LogP contribution in [0.15, 0.2) is 27.5 Å². The van der Waals surface area contributed by atoms with Gasteiger partial charge in [0.25, 0.3) is 11.5 Å². The molecule has 2 amide bonds. The number of rotatable bonds is 7. The lowest BCUT2D eigenvalue weighted by atomic mass is 10.4. The van der Waals surface area contributed by atoms with Crippen molar-refractivity contribution in [1.82, 2.24) is 9.97 Å². The molecule has 27 heavy (non-hydrogen) atoms. The van der Waals surface area contributed by atoms with Gasteiger partial charge in [-0.15, -0.1) is 11.3 Å². The first kappa shape index (κ1) is 19.6. The molecule has 8 nitrogen and oxygen atoms in total. The number of aromatic amines is 1. The van der Waals surface area contributed by atoms with Gasteiger partial charge >= 0.3 is 0 Å². The molecule has 2 aromatic rings. The van der Waals surface area contributed by atoms with E-state index in [1.54, 1.807) is 22.4 Å². The molecule has 2 aromatic heterocycles. The highest BCUT2D eigenvalue weighted by molar-refractivity contribution is 7.99. The van der Waals surface area contributed by atoms with Crippen LogP contribution in [0.3, 0.4) is 0 Å². The Morgan fingerprint density at radius 2 is 2.11 bits per heavy atom. The van der Waals surface area contributed by atoms with Gasteiger partial charge < -0.3 is 15.5 Å². The number of carbonyl (C=O) groups is 2. The summed E-state index contributed by atoms with van der Waals surface area (Å²) in [6.07, 6.45) is 2.53. The lowest BCUT2D eigenvalue weighted by Gasteiger charge is -2.13. The van der Waals surface area contributed by atoms with E-state index in [1.165, 1.54) is 56.0 Å². The fourth-order valence-electron chi connectivity index (χ4n) is 2.89. The Balaban J connectivity index is 1.74. The quantitative estimate of drug-likeness (QED) is 0.401. The standard InChI is InChI=1S/C17H21N5O3S2/c1-11(23)18-14-13(19-15(24)12-5-4-9-26-12)16(25)21-17(20-14)27-10-8-22-6-2-3-7-22/h4-5,9H,2-3,6-8,10H2,1H3,(H,19,24)(H2,18,20,21,23,25)/p+1. The fraction of sp³-hybridized carbons (Fsp3) is 0.412. The minimum absolute atomic E-state index is 0.0573. The predicted octanol–water partition coefficient (Wildman–Crippen LogP) is 0.813. The van der Waals surface area contributed by atoms with Crippen molar-refractivity contribution in [3.8, 4) is 0 Å². The largest absolute Gasteiger partial charge is 0.334 e. The van der Waals surface area contributed by atoms with E-state index in [9.17, 15) is 14.4 Å². The average Bonchev–Trinajstić information content (AvgIpc) is 3.31. The van der Waals surface area contributed by atoms with Gasteiger partial charge in [0, 0.05) is 19.8 Å². The van der Waals surface area contributed by atoms with E-state index in [-0.39, 0.29) is 17.4 Å². The number of hydrogen-bond donors (Lipinski definition) is 4. The van der Waals surface area contributed by atoms with Crippen molar-refractivity contribution in [1.29, 1.82) is 0 Å². The summed E-state index contributed by atoms with van der Waals surface area (Å²) in [6, 6.07) is 3.41. The van der Waals surface area contributed by atoms with Crippen molar-refractivity contribution in [2.24, 2.45) is 0 Å². The second-order valence-corrected chi connectivity index (χ2v) is 8.29. The van der Waals surface area contributed by atoms with E-state index in [0.717, 1.165) is 12.3 Å². The zero-order valence-electron chi connectivity index (χ0n) is 15.0. The zero-order valence-corrected chi connectivity index (χ0v) is 16.6. The molecule has 10 heteroatoms. The summed E-state index contributed by atoms with van der Waals surface area (Å²) in [4.78, 5) is 45.3. The summed E-state index contributed by atoms with van der Waals surface area (Å²) in [6.45, 7) is 4.71. The number of nitrogens with zero attached hydrogens (tertiary/aromatic N) is 1. The molecule has 0 unspecified atom stereocenters. The van der Waals surface area contributed by atoms with Gasteiger partial charge in [-0.25, -0.2) is 4.98 Å². The van der Waals surface area contributed by atoms with E-state index >= 15 is 0 Å². The maximum Gasteiger partial charge on any atom is 0.277 e. The maximum atomic E-state index is 12.5. The Kier molecular flexibility index (Phi) is 6.64. The minimum Gasteiger partial charge on any atom is -0.334 e. The van der Waals surface area contributed by atoms with Gasteiger partial charge in [-0.05, 0) is 11.4 Å². The Morgan fingerprint density at radius 3 is 2.78 bits per heavy atom. The summed E-state index contributed by atoms with van der Waals surface area (Å²) in [5, 5.41) is 7.29. The monoisotopic (exact) mass is 408 g/mol. The molecule has 1 aliphatic heterocycles. The molecule has 0 aliphatic carbocycles. The van der Waals surface area contributed by atoms with E-state index in [4.69, 9.17) is 0 Å². The van der Waals surface area contributed by atoms with Crippen molar-refractivity contribution >= 4 is 46.4 Å². The molecule has 0 aromatic carbocycles. The van der Waals surface area contributed by atoms with Crippen LogP contribution < -0.4 is 21.1 Å². The van der Waals surface area contributed by atoms with E-state index < -0.39 is 11.5 Å². The van der Waals surface area contributed by atoms with Gasteiger partial charge in [0.05, 0.1) is 30.3 Å². The number of anilines is 2. The van der Waals surface area contributed by atoms with Crippen molar-refractivity contribution in [3.05, 3.63) is 32.7 Å². The number of quaternary nitrogens is 1. The van der Waals surface area contributed by atoms with Crippen molar-refractivity contribution in [3.63, 3.8) is 0 Å². The third-order valence-corrected chi connectivity index (χ3v) is 5.92. The number of H-pyrrole nitrogens is 1. The van der Waals surface area contributed by atoms with Crippen LogP contribution >= 0.6 is 23.1 Å². The first-order valence-electron chi connectivity index (χ1n) is 8.76. The molecule has 1 saturated heterocycles. The molecule has 0 bridgehead atoms. The van der Waals surface area contributed by atoms with Gasteiger partial charge in [0.15, 0.2) is 16.7 Å². The highest BCUT2D eigenvalue weighted by Gasteiger charge is 2.18. The molecule has 3 rings (SSSR count). The van der Waals surface area contributed by atoms with Gasteiger partial charge in [-0.1, -0.05) is 17.8 Å². The van der Waals surface area contributed by atoms with Gasteiger partial charge in [0.2, 0.25) is 5.91 Å². The lowest BCUT2D eigenvalue weighted by molar-refractivity contribution is -0.884. The van der Waals surface area contributed by atoms with Crippen LogP contribution in [-0.4, -0.2) is 47.2 Å². The fourth-order valence-corrected chi connectivity index (χ4v) is 4.42.